The zero-order valence-electron chi connectivity index (χ0n) is 14.3. The number of amides is 1. The lowest BCUT2D eigenvalue weighted by atomic mass is 10.2. The van der Waals surface area contributed by atoms with Crippen molar-refractivity contribution in [2.75, 3.05) is 0 Å². The maximum Gasteiger partial charge on any atom is 0.280 e. The highest BCUT2D eigenvalue weighted by atomic mass is 79.9. The molecule has 6 nitrogen and oxygen atoms in total. The predicted octanol–water partition coefficient (Wildman–Crippen LogP) is 3.31. The molecule has 0 spiro atoms. The van der Waals surface area contributed by atoms with Crippen LogP contribution in [0.15, 0.2) is 62.9 Å². The number of nitrogens with one attached hydrogen (secondary N) is 2. The molecule has 0 saturated carbocycles. The van der Waals surface area contributed by atoms with Gasteiger partial charge in [0.25, 0.3) is 11.5 Å². The zero-order valence-corrected chi connectivity index (χ0v) is 15.9. The Kier molecular flexibility index (Phi) is 5.18. The number of benzene rings is 2. The molecule has 0 aliphatic carbocycles. The van der Waals surface area contributed by atoms with E-state index in [0.29, 0.717) is 16.8 Å². The first-order chi connectivity index (χ1) is 12.5. The molecule has 0 aliphatic heterocycles. The van der Waals surface area contributed by atoms with Gasteiger partial charge in [0.05, 0.1) is 17.5 Å². The Morgan fingerprint density at radius 3 is 2.62 bits per heavy atom. The van der Waals surface area contributed by atoms with Crippen molar-refractivity contribution in [3.63, 3.8) is 0 Å². The Morgan fingerprint density at radius 2 is 1.92 bits per heavy atom. The molecule has 0 unspecified atom stereocenters. The predicted molar refractivity (Wildman–Crippen MR) is 105 cm³/mol. The molecule has 0 atom stereocenters. The summed E-state index contributed by atoms with van der Waals surface area (Å²) < 4.78 is 2.25. The SMILES string of the molecule is Cc1ccc(-n2[nH]c(C)c(/C=N/NC(=O)c3cccc(Br)c3)c2=O)cc1. The van der Waals surface area contributed by atoms with Crippen molar-refractivity contribution in [2.45, 2.75) is 13.8 Å². The Bertz CT molecular complexity index is 1030. The van der Waals surface area contributed by atoms with E-state index in [1.807, 2.05) is 37.3 Å². The van der Waals surface area contributed by atoms with E-state index in [1.54, 1.807) is 25.1 Å². The standard InChI is InChI=1S/C19H17BrN4O2/c1-12-6-8-16(9-7-12)24-19(26)17(13(2)23-24)11-21-22-18(25)14-4-3-5-15(20)10-14/h3-11,23H,1-2H3,(H,22,25)/b21-11+. The fourth-order valence-corrected chi connectivity index (χ4v) is 2.84. The molecule has 26 heavy (non-hydrogen) atoms. The van der Waals surface area contributed by atoms with Gasteiger partial charge in [-0.1, -0.05) is 39.7 Å². The summed E-state index contributed by atoms with van der Waals surface area (Å²) in [4.78, 5) is 24.7. The van der Waals surface area contributed by atoms with Crippen LogP contribution in [0.4, 0.5) is 0 Å². The van der Waals surface area contributed by atoms with E-state index >= 15 is 0 Å². The van der Waals surface area contributed by atoms with Gasteiger partial charge < -0.3 is 0 Å². The Morgan fingerprint density at radius 1 is 1.19 bits per heavy atom. The van der Waals surface area contributed by atoms with Crippen LogP contribution in [0, 0.1) is 13.8 Å². The molecule has 1 amide bonds. The molecule has 2 aromatic carbocycles. The Balaban J connectivity index is 1.80. The fourth-order valence-electron chi connectivity index (χ4n) is 2.44. The molecular formula is C19H17BrN4O2. The van der Waals surface area contributed by atoms with Gasteiger partial charge in [-0.2, -0.15) is 5.10 Å². The van der Waals surface area contributed by atoms with Crippen molar-refractivity contribution in [3.8, 4) is 5.69 Å². The summed E-state index contributed by atoms with van der Waals surface area (Å²) in [7, 11) is 0. The summed E-state index contributed by atoms with van der Waals surface area (Å²) in [5.41, 5.74) is 5.58. The second-order valence-electron chi connectivity index (χ2n) is 5.84. The van der Waals surface area contributed by atoms with Gasteiger partial charge in [-0.05, 0) is 44.2 Å². The summed E-state index contributed by atoms with van der Waals surface area (Å²) in [5.74, 6) is -0.352. The molecule has 0 saturated heterocycles. The van der Waals surface area contributed by atoms with E-state index in [1.165, 1.54) is 10.9 Å². The van der Waals surface area contributed by atoms with Crippen LogP contribution in [0.3, 0.4) is 0 Å². The number of carbonyl (C=O) groups excluding carboxylic acids is 1. The number of H-pyrrole nitrogens is 1. The van der Waals surface area contributed by atoms with Gasteiger partial charge in [-0.15, -0.1) is 0 Å². The van der Waals surface area contributed by atoms with Crippen LogP contribution in [0.25, 0.3) is 5.69 Å². The molecule has 1 aromatic heterocycles. The lowest BCUT2D eigenvalue weighted by molar-refractivity contribution is 0.0955. The third-order valence-corrected chi connectivity index (χ3v) is 4.35. The summed E-state index contributed by atoms with van der Waals surface area (Å²) in [6, 6.07) is 14.6. The molecular weight excluding hydrogens is 396 g/mol. The summed E-state index contributed by atoms with van der Waals surface area (Å²) in [6.45, 7) is 3.77. The van der Waals surface area contributed by atoms with Gasteiger partial charge in [0.15, 0.2) is 0 Å². The number of aromatic nitrogens is 2. The normalized spacial score (nSPS) is 11.0. The number of nitrogens with zero attached hydrogens (tertiary/aromatic N) is 2. The second-order valence-corrected chi connectivity index (χ2v) is 6.75. The van der Waals surface area contributed by atoms with Crippen LogP contribution >= 0.6 is 15.9 Å². The van der Waals surface area contributed by atoms with E-state index < -0.39 is 0 Å². The number of aryl methyl sites for hydroxylation is 2. The van der Waals surface area contributed by atoms with Crippen LogP contribution in [-0.2, 0) is 0 Å². The minimum Gasteiger partial charge on any atom is -0.295 e. The highest BCUT2D eigenvalue weighted by Gasteiger charge is 2.11. The van der Waals surface area contributed by atoms with Crippen LogP contribution in [-0.4, -0.2) is 21.9 Å². The van der Waals surface area contributed by atoms with E-state index in [9.17, 15) is 9.59 Å². The topological polar surface area (TPSA) is 79.2 Å². The molecule has 7 heteroatoms. The molecule has 2 N–H and O–H groups in total. The Hall–Kier alpha value is -2.93. The van der Waals surface area contributed by atoms with Crippen molar-refractivity contribution in [2.24, 2.45) is 5.10 Å². The third kappa shape index (κ3) is 3.83. The fraction of sp³-hybridized carbons (Fsp3) is 0.105. The second kappa shape index (κ2) is 7.53. The Labute approximate surface area is 158 Å². The number of hydrogen-bond donors (Lipinski definition) is 2. The van der Waals surface area contributed by atoms with Crippen molar-refractivity contribution in [1.29, 1.82) is 0 Å². The molecule has 0 fully saturated rings. The maximum atomic E-state index is 12.6. The van der Waals surface area contributed by atoms with Crippen LogP contribution in [0.5, 0.6) is 0 Å². The number of halogens is 1. The summed E-state index contributed by atoms with van der Waals surface area (Å²) in [5, 5.41) is 6.94. The summed E-state index contributed by atoms with van der Waals surface area (Å²) >= 11 is 3.32. The highest BCUT2D eigenvalue weighted by Crippen LogP contribution is 2.11. The van der Waals surface area contributed by atoms with E-state index in [0.717, 1.165) is 15.7 Å². The van der Waals surface area contributed by atoms with Crippen molar-refractivity contribution in [1.82, 2.24) is 15.2 Å². The monoisotopic (exact) mass is 412 g/mol. The number of hydrogen-bond acceptors (Lipinski definition) is 3. The van der Waals surface area contributed by atoms with Gasteiger partial charge in [0.1, 0.15) is 0 Å². The van der Waals surface area contributed by atoms with Gasteiger partial charge in [0.2, 0.25) is 0 Å². The largest absolute Gasteiger partial charge is 0.295 e. The average Bonchev–Trinajstić information content (AvgIpc) is 2.90. The maximum absolute atomic E-state index is 12.6. The molecule has 0 aliphatic rings. The highest BCUT2D eigenvalue weighted by molar-refractivity contribution is 9.10. The van der Waals surface area contributed by atoms with Crippen molar-refractivity contribution >= 4 is 28.1 Å². The summed E-state index contributed by atoms with van der Waals surface area (Å²) in [6.07, 6.45) is 1.36. The zero-order chi connectivity index (χ0) is 18.7. The number of aromatic amines is 1. The number of rotatable bonds is 4. The van der Waals surface area contributed by atoms with E-state index in [4.69, 9.17) is 0 Å². The molecule has 0 bridgehead atoms. The minimum atomic E-state index is -0.352. The quantitative estimate of drug-likeness (QED) is 0.509. The number of hydrazone groups is 1. The number of carbonyl (C=O) groups is 1. The van der Waals surface area contributed by atoms with Gasteiger partial charge >= 0.3 is 0 Å². The van der Waals surface area contributed by atoms with Crippen LogP contribution in [0.1, 0.15) is 27.2 Å². The molecule has 3 aromatic rings. The third-order valence-electron chi connectivity index (χ3n) is 3.86. The first kappa shape index (κ1) is 17.9. The van der Waals surface area contributed by atoms with Crippen LogP contribution in [0.2, 0.25) is 0 Å². The van der Waals surface area contributed by atoms with Crippen molar-refractivity contribution < 1.29 is 4.79 Å². The molecule has 0 radical (unpaired) electrons. The first-order valence-electron chi connectivity index (χ1n) is 7.93. The van der Waals surface area contributed by atoms with Crippen LogP contribution < -0.4 is 11.0 Å². The van der Waals surface area contributed by atoms with Crippen molar-refractivity contribution in [3.05, 3.63) is 85.7 Å². The first-order valence-corrected chi connectivity index (χ1v) is 8.72. The smallest absolute Gasteiger partial charge is 0.280 e. The van der Waals surface area contributed by atoms with E-state index in [2.05, 4.69) is 31.6 Å². The van der Waals surface area contributed by atoms with Gasteiger partial charge in [-0.3, -0.25) is 14.7 Å². The van der Waals surface area contributed by atoms with Gasteiger partial charge in [0, 0.05) is 15.7 Å². The lowest BCUT2D eigenvalue weighted by Crippen LogP contribution is -2.20. The van der Waals surface area contributed by atoms with Gasteiger partial charge in [-0.25, -0.2) is 10.1 Å². The molecule has 132 valence electrons. The molecule has 3 rings (SSSR count). The minimum absolute atomic E-state index is 0.230. The van der Waals surface area contributed by atoms with E-state index in [-0.39, 0.29) is 11.5 Å². The average molecular weight is 413 g/mol. The lowest BCUT2D eigenvalue weighted by Gasteiger charge is -2.01. The molecule has 1 heterocycles.